The number of fused-ring (bicyclic) bond motifs is 1. The fourth-order valence-corrected chi connectivity index (χ4v) is 4.42. The van der Waals surface area contributed by atoms with E-state index in [9.17, 15) is 4.79 Å². The molecule has 5 heteroatoms. The van der Waals surface area contributed by atoms with E-state index in [0.717, 1.165) is 25.7 Å². The van der Waals surface area contributed by atoms with Crippen molar-refractivity contribution in [2.75, 3.05) is 6.61 Å². The van der Waals surface area contributed by atoms with Gasteiger partial charge in [0.15, 0.2) is 0 Å². The first-order valence-corrected chi connectivity index (χ1v) is 7.54. The number of rotatable bonds is 2. The van der Waals surface area contributed by atoms with E-state index in [-0.39, 0.29) is 35.3 Å². The number of carbonyl (C=O) groups is 1. The van der Waals surface area contributed by atoms with Gasteiger partial charge in [-0.25, -0.2) is 0 Å². The Morgan fingerprint density at radius 3 is 2.85 bits per heavy atom. The van der Waals surface area contributed by atoms with Gasteiger partial charge in [0.05, 0.1) is 18.1 Å². The van der Waals surface area contributed by atoms with E-state index >= 15 is 0 Å². The van der Waals surface area contributed by atoms with Crippen molar-refractivity contribution in [3.8, 4) is 6.07 Å². The zero-order chi connectivity index (χ0) is 14.5. The third-order valence-electron chi connectivity index (χ3n) is 5.83. The Labute approximate surface area is 119 Å². The maximum atomic E-state index is 12.7. The summed E-state index contributed by atoms with van der Waals surface area (Å²) in [4.78, 5) is 12.7. The molecule has 3 N–H and O–H groups in total. The smallest absolute Gasteiger partial charge is 0.241 e. The fourth-order valence-electron chi connectivity index (χ4n) is 4.42. The van der Waals surface area contributed by atoms with Crippen LogP contribution < -0.4 is 11.1 Å². The van der Waals surface area contributed by atoms with Crippen LogP contribution in [0.4, 0.5) is 0 Å². The number of nitrogens with one attached hydrogen (secondary N) is 1. The van der Waals surface area contributed by atoms with Gasteiger partial charge in [-0.05, 0) is 25.7 Å². The molecule has 2 aliphatic carbocycles. The average Bonchev–Trinajstić information content (AvgIpc) is 3.05. The van der Waals surface area contributed by atoms with Crippen LogP contribution in [-0.4, -0.2) is 30.2 Å². The summed E-state index contributed by atoms with van der Waals surface area (Å²) >= 11 is 0. The molecule has 1 amide bonds. The second-order valence-corrected chi connectivity index (χ2v) is 7.02. The number of nitriles is 1. The molecule has 3 aliphatic rings. The molecule has 0 bridgehead atoms. The van der Waals surface area contributed by atoms with Crippen LogP contribution in [0, 0.1) is 28.6 Å². The number of amides is 1. The van der Waals surface area contributed by atoms with Crippen LogP contribution in [0.3, 0.4) is 0 Å². The lowest BCUT2D eigenvalue weighted by Crippen LogP contribution is -2.80. The van der Waals surface area contributed by atoms with E-state index in [1.165, 1.54) is 0 Å². The third kappa shape index (κ3) is 1.58. The summed E-state index contributed by atoms with van der Waals surface area (Å²) < 4.78 is 5.71. The monoisotopic (exact) mass is 277 g/mol. The van der Waals surface area contributed by atoms with Crippen LogP contribution in [0.1, 0.15) is 39.5 Å². The maximum Gasteiger partial charge on any atom is 0.241 e. The Morgan fingerprint density at radius 1 is 1.40 bits per heavy atom. The average molecular weight is 277 g/mol. The normalized spacial score (nSPS) is 45.3. The molecule has 5 unspecified atom stereocenters. The van der Waals surface area contributed by atoms with Crippen molar-refractivity contribution in [2.45, 2.75) is 57.2 Å². The Hall–Kier alpha value is -1.12. The summed E-state index contributed by atoms with van der Waals surface area (Å²) in [5, 5.41) is 12.2. The molecule has 5 nitrogen and oxygen atoms in total. The van der Waals surface area contributed by atoms with Gasteiger partial charge < -0.3 is 15.8 Å². The lowest BCUT2D eigenvalue weighted by Gasteiger charge is -2.60. The third-order valence-corrected chi connectivity index (χ3v) is 5.83. The molecule has 0 aromatic heterocycles. The minimum atomic E-state index is -0.864. The van der Waals surface area contributed by atoms with Gasteiger partial charge in [-0.2, -0.15) is 5.26 Å². The lowest BCUT2D eigenvalue weighted by atomic mass is 9.48. The van der Waals surface area contributed by atoms with Gasteiger partial charge in [0.2, 0.25) is 5.91 Å². The number of nitrogens with zero attached hydrogens (tertiary/aromatic N) is 1. The largest absolute Gasteiger partial charge is 0.377 e. The highest BCUT2D eigenvalue weighted by Crippen LogP contribution is 2.58. The molecule has 0 aromatic carbocycles. The molecule has 1 aliphatic heterocycles. The Balaban J connectivity index is 1.75. The van der Waals surface area contributed by atoms with Crippen molar-refractivity contribution in [3.05, 3.63) is 0 Å². The molecule has 3 rings (SSSR count). The quantitative estimate of drug-likeness (QED) is 0.786. The molecule has 1 heterocycles. The van der Waals surface area contributed by atoms with Crippen LogP contribution in [0.5, 0.6) is 0 Å². The fraction of sp³-hybridized carbons (Fsp3) is 0.867. The SMILES string of the molecule is CC1(C)C2OCCC2C1(N)C(=O)NC1CCCC1C#N. The van der Waals surface area contributed by atoms with E-state index < -0.39 is 5.54 Å². The van der Waals surface area contributed by atoms with Gasteiger partial charge in [-0.1, -0.05) is 13.8 Å². The van der Waals surface area contributed by atoms with Crippen molar-refractivity contribution in [2.24, 2.45) is 23.0 Å². The second kappa shape index (κ2) is 4.44. The Kier molecular flexibility index (Phi) is 3.07. The molecule has 2 saturated carbocycles. The van der Waals surface area contributed by atoms with Crippen molar-refractivity contribution in [1.29, 1.82) is 5.26 Å². The summed E-state index contributed by atoms with van der Waals surface area (Å²) in [5.74, 6) is -0.0535. The van der Waals surface area contributed by atoms with Crippen molar-refractivity contribution < 1.29 is 9.53 Å². The molecule has 3 fully saturated rings. The van der Waals surface area contributed by atoms with Crippen molar-refractivity contribution in [1.82, 2.24) is 5.32 Å². The summed E-state index contributed by atoms with van der Waals surface area (Å²) in [6.45, 7) is 4.71. The number of hydrogen-bond donors (Lipinski definition) is 2. The predicted octanol–water partition coefficient (Wildman–Crippen LogP) is 0.937. The Bertz CT molecular complexity index is 470. The highest BCUT2D eigenvalue weighted by atomic mass is 16.5. The summed E-state index contributed by atoms with van der Waals surface area (Å²) in [7, 11) is 0. The molecular formula is C15H23N3O2. The molecule has 0 spiro atoms. The highest BCUT2D eigenvalue weighted by molar-refractivity contribution is 5.89. The molecule has 0 radical (unpaired) electrons. The maximum absolute atomic E-state index is 12.7. The van der Waals surface area contributed by atoms with E-state index in [4.69, 9.17) is 15.7 Å². The van der Waals surface area contributed by atoms with Gasteiger partial charge >= 0.3 is 0 Å². The Morgan fingerprint density at radius 2 is 2.15 bits per heavy atom. The van der Waals surface area contributed by atoms with E-state index in [0.29, 0.717) is 6.61 Å². The minimum Gasteiger partial charge on any atom is -0.377 e. The first-order valence-electron chi connectivity index (χ1n) is 7.54. The molecule has 20 heavy (non-hydrogen) atoms. The van der Waals surface area contributed by atoms with E-state index in [2.05, 4.69) is 11.4 Å². The summed E-state index contributed by atoms with van der Waals surface area (Å²) in [5.41, 5.74) is 5.29. The minimum absolute atomic E-state index is 0.0369. The second-order valence-electron chi connectivity index (χ2n) is 7.02. The van der Waals surface area contributed by atoms with Crippen LogP contribution in [0.2, 0.25) is 0 Å². The first kappa shape index (κ1) is 13.8. The molecule has 1 saturated heterocycles. The zero-order valence-corrected chi connectivity index (χ0v) is 12.2. The number of carbonyl (C=O) groups excluding carboxylic acids is 1. The van der Waals surface area contributed by atoms with Crippen LogP contribution in [0.25, 0.3) is 0 Å². The summed E-state index contributed by atoms with van der Waals surface area (Å²) in [6, 6.07) is 2.26. The van der Waals surface area contributed by atoms with Crippen molar-refractivity contribution in [3.63, 3.8) is 0 Å². The molecular weight excluding hydrogens is 254 g/mol. The van der Waals surface area contributed by atoms with Crippen LogP contribution >= 0.6 is 0 Å². The highest BCUT2D eigenvalue weighted by Gasteiger charge is 2.71. The number of hydrogen-bond acceptors (Lipinski definition) is 4. The van der Waals surface area contributed by atoms with Gasteiger partial charge in [-0.15, -0.1) is 0 Å². The molecule has 0 aromatic rings. The summed E-state index contributed by atoms with van der Waals surface area (Å²) in [6.07, 6.45) is 3.69. The molecule has 110 valence electrons. The van der Waals surface area contributed by atoms with Gasteiger partial charge in [0, 0.05) is 24.0 Å². The van der Waals surface area contributed by atoms with Gasteiger partial charge in [-0.3, -0.25) is 4.79 Å². The zero-order valence-electron chi connectivity index (χ0n) is 12.2. The predicted molar refractivity (Wildman–Crippen MR) is 73.4 cm³/mol. The van der Waals surface area contributed by atoms with Gasteiger partial charge in [0.25, 0.3) is 0 Å². The van der Waals surface area contributed by atoms with Crippen molar-refractivity contribution >= 4 is 5.91 Å². The van der Waals surface area contributed by atoms with Crippen LogP contribution in [-0.2, 0) is 9.53 Å². The van der Waals surface area contributed by atoms with Gasteiger partial charge in [0.1, 0.15) is 5.54 Å². The first-order chi connectivity index (χ1) is 9.42. The number of nitrogens with two attached hydrogens (primary N) is 1. The van der Waals surface area contributed by atoms with E-state index in [1.807, 2.05) is 13.8 Å². The molecule has 5 atom stereocenters. The lowest BCUT2D eigenvalue weighted by molar-refractivity contribution is -0.176. The topological polar surface area (TPSA) is 88.1 Å². The van der Waals surface area contributed by atoms with Crippen LogP contribution in [0.15, 0.2) is 0 Å². The van der Waals surface area contributed by atoms with E-state index in [1.54, 1.807) is 0 Å². The standard InChI is InChI=1S/C15H23N3O2/c1-14(2)12-10(6-7-20-12)15(14,17)13(19)18-11-5-3-4-9(11)8-16/h9-12H,3-7,17H2,1-2H3,(H,18,19). The number of ether oxygens (including phenoxy) is 1.